The van der Waals surface area contributed by atoms with Gasteiger partial charge in [-0.1, -0.05) is 25.3 Å². The fraction of sp³-hybridized carbons (Fsp3) is 0.647. The number of nitrogens with two attached hydrogens (primary N) is 1. The third kappa shape index (κ3) is 5.18. The van der Waals surface area contributed by atoms with Crippen molar-refractivity contribution >= 4 is 5.69 Å². The van der Waals surface area contributed by atoms with Crippen LogP contribution in [0, 0.1) is 16.0 Å². The molecular weight excluding hydrogens is 294 g/mol. The minimum absolute atomic E-state index is 0.0235. The molecular formula is C17H27N3O3. The Morgan fingerprint density at radius 2 is 2.09 bits per heavy atom. The predicted octanol–water partition coefficient (Wildman–Crippen LogP) is 2.94. The Kier molecular flexibility index (Phi) is 6.80. The number of rotatable bonds is 8. The maximum atomic E-state index is 11.2. The van der Waals surface area contributed by atoms with Crippen molar-refractivity contribution in [2.45, 2.75) is 38.6 Å². The smallest absolute Gasteiger partial charge is 0.311 e. The first-order chi connectivity index (χ1) is 11.1. The van der Waals surface area contributed by atoms with E-state index in [1.807, 2.05) is 6.07 Å². The van der Waals surface area contributed by atoms with Crippen LogP contribution in [0.4, 0.5) is 5.69 Å². The highest BCUT2D eigenvalue weighted by atomic mass is 16.6. The lowest BCUT2D eigenvalue weighted by atomic mass is 9.89. The Labute approximate surface area is 137 Å². The standard InChI is InChI=1S/C17H27N3O3/c1-23-17-8-7-15(11-16(17)20(21)22)13-19(10-9-18)12-14-5-3-2-4-6-14/h7-8,11,14H,2-6,9-10,12-13,18H2,1H3. The third-order valence-electron chi connectivity index (χ3n) is 4.53. The number of nitrogens with zero attached hydrogens (tertiary/aromatic N) is 2. The van der Waals surface area contributed by atoms with E-state index >= 15 is 0 Å². The summed E-state index contributed by atoms with van der Waals surface area (Å²) in [5.74, 6) is 1.03. The highest BCUT2D eigenvalue weighted by Crippen LogP contribution is 2.29. The van der Waals surface area contributed by atoms with Crippen LogP contribution in [0.1, 0.15) is 37.7 Å². The van der Waals surface area contributed by atoms with Crippen molar-refractivity contribution in [1.82, 2.24) is 4.90 Å². The van der Waals surface area contributed by atoms with Crippen molar-refractivity contribution in [2.75, 3.05) is 26.7 Å². The molecule has 6 nitrogen and oxygen atoms in total. The number of nitro groups is 1. The van der Waals surface area contributed by atoms with Gasteiger partial charge in [0.25, 0.3) is 0 Å². The van der Waals surface area contributed by atoms with Gasteiger partial charge >= 0.3 is 5.69 Å². The average molecular weight is 321 g/mol. The van der Waals surface area contributed by atoms with Crippen LogP contribution >= 0.6 is 0 Å². The molecule has 2 N–H and O–H groups in total. The van der Waals surface area contributed by atoms with E-state index in [-0.39, 0.29) is 5.69 Å². The minimum Gasteiger partial charge on any atom is -0.490 e. The van der Waals surface area contributed by atoms with Crippen molar-refractivity contribution in [3.8, 4) is 5.75 Å². The minimum atomic E-state index is -0.392. The lowest BCUT2D eigenvalue weighted by molar-refractivity contribution is -0.385. The van der Waals surface area contributed by atoms with Gasteiger partial charge in [-0.15, -0.1) is 0 Å². The van der Waals surface area contributed by atoms with Gasteiger partial charge in [-0.3, -0.25) is 15.0 Å². The van der Waals surface area contributed by atoms with Crippen molar-refractivity contribution < 1.29 is 9.66 Å². The van der Waals surface area contributed by atoms with Crippen molar-refractivity contribution in [3.63, 3.8) is 0 Å². The van der Waals surface area contributed by atoms with Gasteiger partial charge in [0.2, 0.25) is 0 Å². The molecule has 1 aliphatic rings. The summed E-state index contributed by atoms with van der Waals surface area (Å²) in [6.07, 6.45) is 6.54. The van der Waals surface area contributed by atoms with Gasteiger partial charge in [0.1, 0.15) is 0 Å². The summed E-state index contributed by atoms with van der Waals surface area (Å²) in [6.45, 7) is 3.14. The molecule has 1 fully saturated rings. The van der Waals surface area contributed by atoms with Crippen molar-refractivity contribution in [2.24, 2.45) is 11.7 Å². The molecule has 0 atom stereocenters. The number of benzene rings is 1. The van der Waals surface area contributed by atoms with Crippen LogP contribution < -0.4 is 10.5 Å². The summed E-state index contributed by atoms with van der Waals surface area (Å²) in [5.41, 5.74) is 6.70. The zero-order valence-corrected chi connectivity index (χ0v) is 13.9. The molecule has 0 spiro atoms. The lowest BCUT2D eigenvalue weighted by Crippen LogP contribution is -2.34. The Morgan fingerprint density at radius 3 is 2.70 bits per heavy atom. The summed E-state index contributed by atoms with van der Waals surface area (Å²) in [7, 11) is 1.45. The van der Waals surface area contributed by atoms with E-state index in [4.69, 9.17) is 10.5 Å². The van der Waals surface area contributed by atoms with Crippen LogP contribution in [0.2, 0.25) is 0 Å². The largest absolute Gasteiger partial charge is 0.490 e. The number of nitro benzene ring substituents is 1. The summed E-state index contributed by atoms with van der Waals surface area (Å²) < 4.78 is 5.06. The van der Waals surface area contributed by atoms with Gasteiger partial charge in [0, 0.05) is 32.2 Å². The number of hydrogen-bond acceptors (Lipinski definition) is 5. The fourth-order valence-electron chi connectivity index (χ4n) is 3.39. The molecule has 1 aromatic carbocycles. The maximum absolute atomic E-state index is 11.2. The van der Waals surface area contributed by atoms with E-state index in [9.17, 15) is 10.1 Å². The zero-order chi connectivity index (χ0) is 16.7. The molecule has 2 rings (SSSR count). The van der Waals surface area contributed by atoms with Gasteiger partial charge in [0.05, 0.1) is 12.0 Å². The van der Waals surface area contributed by atoms with Crippen LogP contribution in [0.15, 0.2) is 18.2 Å². The SMILES string of the molecule is COc1ccc(CN(CCN)CC2CCCCC2)cc1[N+](=O)[O-]. The van der Waals surface area contributed by atoms with Gasteiger partial charge < -0.3 is 10.5 Å². The van der Waals surface area contributed by atoms with Crippen molar-refractivity contribution in [3.05, 3.63) is 33.9 Å². The van der Waals surface area contributed by atoms with Crippen LogP contribution in [-0.2, 0) is 6.54 Å². The highest BCUT2D eigenvalue weighted by molar-refractivity contribution is 5.48. The van der Waals surface area contributed by atoms with Crippen LogP contribution in [0.3, 0.4) is 0 Å². The molecule has 6 heteroatoms. The van der Waals surface area contributed by atoms with Gasteiger partial charge in [-0.05, 0) is 30.4 Å². The second kappa shape index (κ2) is 8.84. The number of hydrogen-bond donors (Lipinski definition) is 1. The molecule has 1 saturated carbocycles. The van der Waals surface area contributed by atoms with Crippen LogP contribution in [0.5, 0.6) is 5.75 Å². The normalized spacial score (nSPS) is 15.8. The van der Waals surface area contributed by atoms with Crippen LogP contribution in [0.25, 0.3) is 0 Å². The molecule has 0 unspecified atom stereocenters. The Bertz CT molecular complexity index is 516. The first-order valence-corrected chi connectivity index (χ1v) is 8.37. The topological polar surface area (TPSA) is 81.6 Å². The molecule has 1 aromatic rings. The molecule has 0 heterocycles. The predicted molar refractivity (Wildman–Crippen MR) is 90.6 cm³/mol. The summed E-state index contributed by atoms with van der Waals surface area (Å²) >= 11 is 0. The van der Waals surface area contributed by atoms with Crippen LogP contribution in [-0.4, -0.2) is 36.6 Å². The first kappa shape index (κ1) is 17.7. The Hall–Kier alpha value is -1.66. The summed E-state index contributed by atoms with van der Waals surface area (Å²) in [6, 6.07) is 5.19. The Balaban J connectivity index is 2.06. The molecule has 1 aliphatic carbocycles. The van der Waals surface area contributed by atoms with E-state index in [1.54, 1.807) is 12.1 Å². The third-order valence-corrected chi connectivity index (χ3v) is 4.53. The molecule has 0 aromatic heterocycles. The molecule has 23 heavy (non-hydrogen) atoms. The van der Waals surface area contributed by atoms with Gasteiger partial charge in [-0.2, -0.15) is 0 Å². The molecule has 0 radical (unpaired) electrons. The molecule has 0 saturated heterocycles. The molecule has 0 amide bonds. The molecule has 0 bridgehead atoms. The molecule has 128 valence electrons. The van der Waals surface area contributed by atoms with E-state index in [0.29, 0.717) is 18.8 Å². The zero-order valence-electron chi connectivity index (χ0n) is 13.9. The number of ether oxygens (including phenoxy) is 1. The highest BCUT2D eigenvalue weighted by Gasteiger charge is 2.19. The number of methoxy groups -OCH3 is 1. The van der Waals surface area contributed by atoms with E-state index in [2.05, 4.69) is 4.90 Å². The van der Waals surface area contributed by atoms with E-state index in [1.165, 1.54) is 39.2 Å². The summed E-state index contributed by atoms with van der Waals surface area (Å²) in [4.78, 5) is 13.1. The maximum Gasteiger partial charge on any atom is 0.311 e. The molecule has 0 aliphatic heterocycles. The fourth-order valence-corrected chi connectivity index (χ4v) is 3.39. The lowest BCUT2D eigenvalue weighted by Gasteiger charge is -2.29. The van der Waals surface area contributed by atoms with E-state index in [0.717, 1.165) is 24.6 Å². The van der Waals surface area contributed by atoms with E-state index < -0.39 is 4.92 Å². The van der Waals surface area contributed by atoms with Crippen molar-refractivity contribution in [1.29, 1.82) is 0 Å². The summed E-state index contributed by atoms with van der Waals surface area (Å²) in [5, 5.41) is 11.2. The van der Waals surface area contributed by atoms with Gasteiger partial charge in [-0.25, -0.2) is 0 Å². The monoisotopic (exact) mass is 321 g/mol. The second-order valence-corrected chi connectivity index (χ2v) is 6.29. The average Bonchev–Trinajstić information content (AvgIpc) is 2.56. The second-order valence-electron chi connectivity index (χ2n) is 6.29. The Morgan fingerprint density at radius 1 is 1.35 bits per heavy atom. The first-order valence-electron chi connectivity index (χ1n) is 8.37. The quantitative estimate of drug-likeness (QED) is 0.588. The van der Waals surface area contributed by atoms with Gasteiger partial charge in [0.15, 0.2) is 5.75 Å².